The Morgan fingerprint density at radius 3 is 1.10 bits per heavy atom. The first kappa shape index (κ1) is 81.8. The van der Waals surface area contributed by atoms with E-state index in [0.717, 1.165) is 153 Å². The lowest BCUT2D eigenvalue weighted by Gasteiger charge is -2.21. The van der Waals surface area contributed by atoms with Crippen molar-refractivity contribution in [3.63, 3.8) is 0 Å². The van der Waals surface area contributed by atoms with Crippen LogP contribution >= 0.6 is 0 Å². The minimum atomic E-state index is -0.0243. The van der Waals surface area contributed by atoms with Gasteiger partial charge in [-0.05, 0) is 181 Å². The summed E-state index contributed by atoms with van der Waals surface area (Å²) in [6, 6.07) is 55.3. The first-order valence-electron chi connectivity index (χ1n) is 42.3. The Morgan fingerprint density at radius 1 is 0.430 bits per heavy atom. The molecule has 18 rings (SSSR count). The van der Waals surface area contributed by atoms with Crippen molar-refractivity contribution in [1.82, 2.24) is 73.0 Å². The van der Waals surface area contributed by atoms with Gasteiger partial charge in [0.25, 0.3) is 0 Å². The molecular weight excluding hydrogens is 1510 g/mol. The molecule has 24 nitrogen and oxygen atoms in total. The van der Waals surface area contributed by atoms with Crippen LogP contribution in [0.5, 0.6) is 34.5 Å². The molecule has 3 amide bonds. The molecule has 12 aromatic rings. The lowest BCUT2D eigenvalue weighted by atomic mass is 9.97. The summed E-state index contributed by atoms with van der Waals surface area (Å²) in [7, 11) is 6.35. The fourth-order valence-electron chi connectivity index (χ4n) is 17.3. The third-order valence-corrected chi connectivity index (χ3v) is 24.0. The molecule has 3 atom stereocenters. The third-order valence-electron chi connectivity index (χ3n) is 24.0. The lowest BCUT2D eigenvalue weighted by Crippen LogP contribution is -2.28. The topological polar surface area (TPSA) is 269 Å². The molecule has 0 unspecified atom stereocenters. The fourth-order valence-corrected chi connectivity index (χ4v) is 17.3. The van der Waals surface area contributed by atoms with Gasteiger partial charge in [-0.1, -0.05) is 136 Å². The minimum absolute atomic E-state index is 0.0220. The van der Waals surface area contributed by atoms with Crippen LogP contribution in [0.1, 0.15) is 120 Å². The molecule has 3 aliphatic carbocycles. The van der Waals surface area contributed by atoms with Crippen molar-refractivity contribution in [2.45, 2.75) is 127 Å². The van der Waals surface area contributed by atoms with Crippen LogP contribution in [-0.4, -0.2) is 189 Å². The van der Waals surface area contributed by atoms with Crippen LogP contribution < -0.4 is 31.4 Å². The average Bonchev–Trinajstić information content (AvgIpc) is 1.60. The molecule has 6 N–H and O–H groups in total. The highest BCUT2D eigenvalue weighted by atomic mass is 16.5. The van der Waals surface area contributed by atoms with E-state index in [1.807, 2.05) is 172 Å². The number of nitrogens with zero attached hydrogens (tertiary/aromatic N) is 15. The standard InChI is InChI=1S/C33H38N6O2.C32H36N6O2.C32H32N6O2/c1-22(2)31-29(23-11-15-27(16-12-23)41-26-8-5-4-6-9-26)30-32(34)35-21-36-33(30)39(31)25-17-19-38(20-25)28(40)10-7-18-37(3)24-13-14-24;2*1-3-27-29(22-11-15-26(16-12-22)40-25-8-5-4-6-9-25)30-31(33)34-21-35-32(30)38(27)24-17-19-37(20-24)28(39)10-7-18-36(2)23-13-14-23/h4-12,15-16,21-22,24-25H,13-14,17-20H2,1-3H3,(H2,34,35,36);4-12,15-16,21,23-24H,3,13-14,17-20H2,1-2H3,(H2,33,34,35);1,4-12,15-16,21,23-24H,13-14,17-20H2,2H3,(H2,33,34,35)/b3*10-7+/t25-;2*24-/m111/s1. The molecule has 9 heterocycles. The summed E-state index contributed by atoms with van der Waals surface area (Å²) in [4.78, 5) is 78.7. The number of aromatic nitrogens is 9. The van der Waals surface area contributed by atoms with E-state index in [9.17, 15) is 14.4 Å². The summed E-state index contributed by atoms with van der Waals surface area (Å²) in [5, 5.41) is 2.45. The van der Waals surface area contributed by atoms with E-state index in [1.54, 1.807) is 18.2 Å². The molecule has 24 heteroatoms. The Kier molecular flexibility index (Phi) is 24.8. The van der Waals surface area contributed by atoms with E-state index in [-0.39, 0.29) is 41.8 Å². The van der Waals surface area contributed by atoms with Crippen molar-refractivity contribution in [2.75, 3.05) is 97.2 Å². The first-order valence-corrected chi connectivity index (χ1v) is 42.3. The Balaban J connectivity index is 0.000000135. The van der Waals surface area contributed by atoms with Gasteiger partial charge < -0.3 is 59.8 Å². The zero-order valence-corrected chi connectivity index (χ0v) is 69.7. The number of carbonyl (C=O) groups is 3. The van der Waals surface area contributed by atoms with Crippen LogP contribution in [0, 0.1) is 12.3 Å². The summed E-state index contributed by atoms with van der Waals surface area (Å²) in [6.07, 6.45) is 32.6. The molecule has 6 aromatic carbocycles. The van der Waals surface area contributed by atoms with Gasteiger partial charge in [-0.2, -0.15) is 0 Å². The van der Waals surface area contributed by atoms with Crippen LogP contribution in [0.15, 0.2) is 219 Å². The molecule has 3 saturated heterocycles. The molecule has 0 radical (unpaired) electrons. The predicted octanol–water partition coefficient (Wildman–Crippen LogP) is 16.4. The summed E-state index contributed by atoms with van der Waals surface area (Å²) < 4.78 is 24.7. The Morgan fingerprint density at radius 2 is 0.744 bits per heavy atom. The van der Waals surface area contributed by atoms with Crippen molar-refractivity contribution in [2.24, 2.45) is 0 Å². The quantitative estimate of drug-likeness (QED) is 0.0336. The Hall–Kier alpha value is -13.0. The van der Waals surface area contributed by atoms with Crippen LogP contribution in [0.4, 0.5) is 17.5 Å². The molecular formula is C97H106N18O6. The molecule has 3 aliphatic heterocycles. The molecule has 6 fully saturated rings. The van der Waals surface area contributed by atoms with Gasteiger partial charge in [-0.15, -0.1) is 6.42 Å². The second kappa shape index (κ2) is 36.7. The van der Waals surface area contributed by atoms with Crippen molar-refractivity contribution in [3.05, 3.63) is 236 Å². The number of hydrogen-bond donors (Lipinski definition) is 3. The lowest BCUT2D eigenvalue weighted by molar-refractivity contribution is -0.125. The van der Waals surface area contributed by atoms with Crippen LogP contribution in [-0.2, 0) is 20.8 Å². The first-order chi connectivity index (χ1) is 59.0. The van der Waals surface area contributed by atoms with Crippen molar-refractivity contribution < 1.29 is 28.6 Å². The SMILES string of the molecule is C#Cc1c(-c2ccc(Oc3ccccc3)cc2)c2c(N)ncnc2n1[C@@H]1CCN(C(=O)/C=C/CN(C)C2CC2)C1.CC(C)c1c(-c2ccc(Oc3ccccc3)cc2)c2c(N)ncnc2n1[C@@H]1CCN(C(=O)/C=C/CN(C)C2CC2)C1.CCc1c(-c2ccc(Oc3ccccc3)cc2)c2c(N)ncnc2n1[C@@H]1CCN(C(=O)/C=C/CN(C)C2CC2)C1. The summed E-state index contributed by atoms with van der Waals surface area (Å²) >= 11 is 0. The molecule has 620 valence electrons. The maximum atomic E-state index is 13.1. The minimum Gasteiger partial charge on any atom is -0.457 e. The number of hydrogen-bond acceptors (Lipinski definition) is 18. The van der Waals surface area contributed by atoms with Gasteiger partial charge in [-0.3, -0.25) is 29.1 Å². The monoisotopic (exact) mass is 1620 g/mol. The number of amides is 3. The third kappa shape index (κ3) is 18.4. The highest BCUT2D eigenvalue weighted by Gasteiger charge is 2.37. The van der Waals surface area contributed by atoms with Gasteiger partial charge in [0.2, 0.25) is 17.7 Å². The maximum absolute atomic E-state index is 13.1. The second-order valence-corrected chi connectivity index (χ2v) is 32.7. The number of anilines is 3. The zero-order chi connectivity index (χ0) is 83.8. The summed E-state index contributed by atoms with van der Waals surface area (Å²) in [5.41, 5.74) is 30.6. The van der Waals surface area contributed by atoms with Gasteiger partial charge in [0.05, 0.1) is 34.3 Å². The largest absolute Gasteiger partial charge is 0.457 e. The number of carbonyl (C=O) groups excluding carboxylic acids is 3. The number of ether oxygens (including phenoxy) is 3. The van der Waals surface area contributed by atoms with E-state index in [4.69, 9.17) is 47.8 Å². The molecule has 6 aliphatic rings. The Bertz CT molecular complexity index is 5810. The van der Waals surface area contributed by atoms with Gasteiger partial charge in [0.1, 0.15) is 93.6 Å². The van der Waals surface area contributed by atoms with Gasteiger partial charge in [0.15, 0.2) is 0 Å². The number of terminal acetylenes is 1. The van der Waals surface area contributed by atoms with Crippen molar-refractivity contribution >= 4 is 68.3 Å². The molecule has 3 saturated carbocycles. The zero-order valence-electron chi connectivity index (χ0n) is 69.7. The van der Waals surface area contributed by atoms with Gasteiger partial charge in [-0.25, -0.2) is 29.9 Å². The molecule has 6 aromatic heterocycles. The van der Waals surface area contributed by atoms with Crippen LogP contribution in [0.3, 0.4) is 0 Å². The number of nitrogens with two attached hydrogens (primary N) is 3. The van der Waals surface area contributed by atoms with E-state index in [1.165, 1.54) is 57.5 Å². The van der Waals surface area contributed by atoms with Crippen LogP contribution in [0.2, 0.25) is 0 Å². The number of likely N-dealkylation sites (tertiary alicyclic amines) is 3. The highest BCUT2D eigenvalue weighted by Crippen LogP contribution is 2.47. The highest BCUT2D eigenvalue weighted by molar-refractivity contribution is 6.05. The summed E-state index contributed by atoms with van der Waals surface area (Å²) in [5.74, 6) is 9.16. The second-order valence-electron chi connectivity index (χ2n) is 32.7. The number of rotatable bonds is 26. The summed E-state index contributed by atoms with van der Waals surface area (Å²) in [6.45, 7) is 12.9. The van der Waals surface area contributed by atoms with E-state index in [0.29, 0.717) is 85.4 Å². The fraction of sp³-hybridized carbons (Fsp3) is 0.330. The Labute approximate surface area is 707 Å². The molecule has 0 bridgehead atoms. The van der Waals surface area contributed by atoms with Crippen molar-refractivity contribution in [1.29, 1.82) is 0 Å². The van der Waals surface area contributed by atoms with E-state index < -0.39 is 0 Å². The van der Waals surface area contributed by atoms with E-state index >= 15 is 0 Å². The molecule has 0 spiro atoms. The number of benzene rings is 6. The number of para-hydroxylation sites is 3. The smallest absolute Gasteiger partial charge is 0.246 e. The maximum Gasteiger partial charge on any atom is 0.246 e. The number of likely N-dealkylation sites (N-methyl/N-ethyl adjacent to an activating group) is 3. The molecule has 121 heavy (non-hydrogen) atoms. The van der Waals surface area contributed by atoms with Gasteiger partial charge in [0, 0.05) is 123 Å². The van der Waals surface area contributed by atoms with Crippen LogP contribution in [0.25, 0.3) is 66.5 Å². The van der Waals surface area contributed by atoms with Gasteiger partial charge >= 0.3 is 0 Å². The normalized spacial score (nSPS) is 17.3. The van der Waals surface area contributed by atoms with E-state index in [2.05, 4.69) is 120 Å². The van der Waals surface area contributed by atoms with Crippen molar-refractivity contribution in [3.8, 4) is 80.2 Å². The average molecular weight is 1620 g/mol. The predicted molar refractivity (Wildman–Crippen MR) is 478 cm³/mol. The number of fused-ring (bicyclic) bond motifs is 3. The number of nitrogen functional groups attached to an aromatic ring is 3.